The first-order valence-electron chi connectivity index (χ1n) is 7.64. The van der Waals surface area contributed by atoms with Gasteiger partial charge in [-0.05, 0) is 43.5 Å². The highest BCUT2D eigenvalue weighted by atomic mass is 35.5. The van der Waals surface area contributed by atoms with Gasteiger partial charge in [0, 0.05) is 24.2 Å². The number of aromatic nitrogens is 2. The van der Waals surface area contributed by atoms with E-state index in [1.807, 2.05) is 29.2 Å². The third-order valence-corrected chi connectivity index (χ3v) is 4.13. The van der Waals surface area contributed by atoms with Crippen molar-refractivity contribution in [2.75, 3.05) is 13.1 Å². The molecule has 5 nitrogen and oxygen atoms in total. The van der Waals surface area contributed by atoms with Gasteiger partial charge in [-0.1, -0.05) is 28.9 Å². The maximum absolute atomic E-state index is 12.4. The molecule has 0 spiro atoms. The Labute approximate surface area is 139 Å². The zero-order valence-corrected chi connectivity index (χ0v) is 13.7. The van der Waals surface area contributed by atoms with Gasteiger partial charge in [0.05, 0.1) is 5.92 Å². The minimum atomic E-state index is -0.00841. The molecule has 1 atom stereocenters. The second-order valence-electron chi connectivity index (χ2n) is 5.69. The highest BCUT2D eigenvalue weighted by Crippen LogP contribution is 2.25. The fraction of sp³-hybridized carbons (Fsp3) is 0.353. The molecular weight excluding hydrogens is 314 g/mol. The summed E-state index contributed by atoms with van der Waals surface area (Å²) in [7, 11) is 0. The van der Waals surface area contributed by atoms with Gasteiger partial charge in [-0.15, -0.1) is 0 Å². The summed E-state index contributed by atoms with van der Waals surface area (Å²) in [6.45, 7) is 3.16. The molecule has 1 aromatic carbocycles. The molecule has 0 saturated carbocycles. The van der Waals surface area contributed by atoms with Crippen molar-refractivity contribution in [3.05, 3.63) is 52.6 Å². The number of amides is 1. The average molecular weight is 332 g/mol. The summed E-state index contributed by atoms with van der Waals surface area (Å²) < 4.78 is 5.24. The molecule has 6 heteroatoms. The van der Waals surface area contributed by atoms with Crippen LogP contribution in [0.1, 0.15) is 36.0 Å². The number of hydrogen-bond acceptors (Lipinski definition) is 4. The van der Waals surface area contributed by atoms with Crippen LogP contribution in [0.25, 0.3) is 6.08 Å². The van der Waals surface area contributed by atoms with E-state index in [9.17, 15) is 4.79 Å². The number of piperidine rings is 1. The Morgan fingerprint density at radius 2 is 2.35 bits per heavy atom. The lowest BCUT2D eigenvalue weighted by molar-refractivity contribution is -0.127. The Hall–Kier alpha value is -2.14. The number of likely N-dealkylation sites (tertiary alicyclic amines) is 1. The van der Waals surface area contributed by atoms with Crippen LogP contribution in [-0.4, -0.2) is 34.0 Å². The van der Waals surface area contributed by atoms with Gasteiger partial charge in [0.1, 0.15) is 0 Å². The second kappa shape index (κ2) is 6.96. The zero-order valence-electron chi connectivity index (χ0n) is 12.9. The smallest absolute Gasteiger partial charge is 0.246 e. The molecule has 120 valence electrons. The zero-order chi connectivity index (χ0) is 16.2. The molecule has 0 unspecified atom stereocenters. The van der Waals surface area contributed by atoms with E-state index in [2.05, 4.69) is 10.1 Å². The first-order chi connectivity index (χ1) is 11.1. The van der Waals surface area contributed by atoms with Crippen molar-refractivity contribution in [3.8, 4) is 0 Å². The summed E-state index contributed by atoms with van der Waals surface area (Å²) in [5, 5.41) is 4.49. The molecule has 1 aliphatic rings. The van der Waals surface area contributed by atoms with E-state index < -0.39 is 0 Å². The summed E-state index contributed by atoms with van der Waals surface area (Å²) in [6.07, 6.45) is 5.27. The predicted octanol–water partition coefficient (Wildman–Crippen LogP) is 3.45. The van der Waals surface area contributed by atoms with Gasteiger partial charge in [-0.2, -0.15) is 4.98 Å². The molecule has 0 aliphatic carbocycles. The lowest BCUT2D eigenvalue weighted by Gasteiger charge is -2.30. The highest BCUT2D eigenvalue weighted by molar-refractivity contribution is 6.30. The molecular formula is C17H18ClN3O2. The van der Waals surface area contributed by atoms with Crippen LogP contribution in [0.5, 0.6) is 0 Å². The molecule has 1 aromatic heterocycles. The monoisotopic (exact) mass is 331 g/mol. The van der Waals surface area contributed by atoms with E-state index in [1.54, 1.807) is 19.1 Å². The van der Waals surface area contributed by atoms with E-state index in [-0.39, 0.29) is 11.8 Å². The van der Waals surface area contributed by atoms with Crippen molar-refractivity contribution in [2.45, 2.75) is 25.7 Å². The van der Waals surface area contributed by atoms with E-state index in [1.165, 1.54) is 0 Å². The van der Waals surface area contributed by atoms with Crippen molar-refractivity contribution in [2.24, 2.45) is 0 Å². The summed E-state index contributed by atoms with van der Waals surface area (Å²) in [5.74, 6) is 1.36. The maximum Gasteiger partial charge on any atom is 0.246 e. The van der Waals surface area contributed by atoms with Crippen LogP contribution >= 0.6 is 11.6 Å². The highest BCUT2D eigenvalue weighted by Gasteiger charge is 2.27. The molecule has 0 N–H and O–H groups in total. The van der Waals surface area contributed by atoms with Crippen LogP contribution in [0.2, 0.25) is 5.02 Å². The van der Waals surface area contributed by atoms with Crippen molar-refractivity contribution in [1.82, 2.24) is 15.0 Å². The Morgan fingerprint density at radius 1 is 1.48 bits per heavy atom. The topological polar surface area (TPSA) is 59.2 Å². The van der Waals surface area contributed by atoms with E-state index in [0.29, 0.717) is 23.3 Å². The number of carbonyl (C=O) groups is 1. The van der Waals surface area contributed by atoms with Crippen LogP contribution in [0.4, 0.5) is 0 Å². The van der Waals surface area contributed by atoms with E-state index >= 15 is 0 Å². The molecule has 0 radical (unpaired) electrons. The summed E-state index contributed by atoms with van der Waals surface area (Å²) in [4.78, 5) is 18.5. The average Bonchev–Trinajstić information content (AvgIpc) is 2.99. The van der Waals surface area contributed by atoms with Crippen molar-refractivity contribution >= 4 is 23.6 Å². The summed E-state index contributed by atoms with van der Waals surface area (Å²) in [6, 6.07) is 7.41. The first-order valence-corrected chi connectivity index (χ1v) is 8.02. The van der Waals surface area contributed by atoms with Crippen LogP contribution in [0.3, 0.4) is 0 Å². The SMILES string of the molecule is Cc1noc([C@@H]2CCCN(C(=O)/C=C/c3cccc(Cl)c3)C2)n1. The minimum absolute atomic E-state index is 0.00841. The van der Waals surface area contributed by atoms with Gasteiger partial charge >= 0.3 is 0 Å². The van der Waals surface area contributed by atoms with Crippen LogP contribution < -0.4 is 0 Å². The number of halogens is 1. The fourth-order valence-corrected chi connectivity index (χ4v) is 2.94. The molecule has 1 fully saturated rings. The minimum Gasteiger partial charge on any atom is -0.339 e. The summed E-state index contributed by atoms with van der Waals surface area (Å²) >= 11 is 5.95. The van der Waals surface area contributed by atoms with Gasteiger partial charge < -0.3 is 9.42 Å². The Bertz CT molecular complexity index is 726. The fourth-order valence-electron chi connectivity index (χ4n) is 2.74. The quantitative estimate of drug-likeness (QED) is 0.808. The normalized spacial score (nSPS) is 18.5. The Morgan fingerprint density at radius 3 is 3.09 bits per heavy atom. The molecule has 2 heterocycles. The number of rotatable bonds is 3. The Balaban J connectivity index is 1.65. The number of carbonyl (C=O) groups excluding carboxylic acids is 1. The lowest BCUT2D eigenvalue weighted by Crippen LogP contribution is -2.38. The van der Waals surface area contributed by atoms with Gasteiger partial charge in [-0.25, -0.2) is 0 Å². The first kappa shape index (κ1) is 15.7. The van der Waals surface area contributed by atoms with E-state index in [0.717, 1.165) is 24.9 Å². The molecule has 3 rings (SSSR count). The van der Waals surface area contributed by atoms with Gasteiger partial charge in [0.15, 0.2) is 5.82 Å². The van der Waals surface area contributed by atoms with Crippen molar-refractivity contribution < 1.29 is 9.32 Å². The predicted molar refractivity (Wildman–Crippen MR) is 88.1 cm³/mol. The van der Waals surface area contributed by atoms with Gasteiger partial charge in [-0.3, -0.25) is 4.79 Å². The third kappa shape index (κ3) is 3.99. The van der Waals surface area contributed by atoms with Gasteiger partial charge in [0.25, 0.3) is 0 Å². The number of hydrogen-bond donors (Lipinski definition) is 0. The molecule has 23 heavy (non-hydrogen) atoms. The Kier molecular flexibility index (Phi) is 4.76. The van der Waals surface area contributed by atoms with E-state index in [4.69, 9.17) is 16.1 Å². The number of nitrogens with zero attached hydrogens (tertiary/aromatic N) is 3. The third-order valence-electron chi connectivity index (χ3n) is 3.89. The lowest BCUT2D eigenvalue weighted by atomic mass is 9.98. The number of benzene rings is 1. The van der Waals surface area contributed by atoms with Crippen molar-refractivity contribution in [3.63, 3.8) is 0 Å². The standard InChI is InChI=1S/C17H18ClN3O2/c1-12-19-17(23-20-12)14-5-3-9-21(11-14)16(22)8-7-13-4-2-6-15(18)10-13/h2,4,6-8,10,14H,3,5,9,11H2,1H3/b8-7+/t14-/m1/s1. The molecule has 2 aromatic rings. The molecule has 1 amide bonds. The largest absolute Gasteiger partial charge is 0.339 e. The molecule has 1 aliphatic heterocycles. The second-order valence-corrected chi connectivity index (χ2v) is 6.13. The summed E-state index contributed by atoms with van der Waals surface area (Å²) in [5.41, 5.74) is 0.909. The van der Waals surface area contributed by atoms with Crippen molar-refractivity contribution in [1.29, 1.82) is 0 Å². The van der Waals surface area contributed by atoms with Crippen LogP contribution in [0.15, 0.2) is 34.9 Å². The maximum atomic E-state index is 12.4. The van der Waals surface area contributed by atoms with Crippen LogP contribution in [0, 0.1) is 6.92 Å². The number of aryl methyl sites for hydroxylation is 1. The molecule has 1 saturated heterocycles. The molecule has 0 bridgehead atoms. The van der Waals surface area contributed by atoms with Crippen LogP contribution in [-0.2, 0) is 4.79 Å². The van der Waals surface area contributed by atoms with Gasteiger partial charge in [0.2, 0.25) is 11.8 Å².